The highest BCUT2D eigenvalue weighted by atomic mass is 79.9. The Bertz CT molecular complexity index is 383. The second-order valence-corrected chi connectivity index (χ2v) is 5.72. The molecule has 0 spiro atoms. The molecule has 0 bridgehead atoms. The van der Waals surface area contributed by atoms with Gasteiger partial charge in [-0.15, -0.1) is 0 Å². The topological polar surface area (TPSA) is 29.3 Å². The molecule has 1 aromatic carbocycles. The summed E-state index contributed by atoms with van der Waals surface area (Å²) in [5, 5.41) is 0.830. The van der Waals surface area contributed by atoms with Crippen LogP contribution in [0.4, 0.5) is 0 Å². The summed E-state index contributed by atoms with van der Waals surface area (Å²) in [5.41, 5.74) is 7.17. The van der Waals surface area contributed by atoms with E-state index >= 15 is 0 Å². The van der Waals surface area contributed by atoms with Crippen molar-refractivity contribution in [3.8, 4) is 0 Å². The summed E-state index contributed by atoms with van der Waals surface area (Å²) in [6.45, 7) is 4.13. The molecule has 2 unspecified atom stereocenters. The van der Waals surface area contributed by atoms with E-state index in [4.69, 9.17) is 17.3 Å². The zero-order chi connectivity index (χ0) is 11.7. The zero-order valence-corrected chi connectivity index (χ0v) is 11.6. The lowest BCUT2D eigenvalue weighted by molar-refractivity contribution is 0.252. The van der Waals surface area contributed by atoms with Gasteiger partial charge in [0.05, 0.1) is 0 Å². The first kappa shape index (κ1) is 12.4. The smallest absolute Gasteiger partial charge is 0.0451 e. The molecule has 0 aliphatic carbocycles. The first-order valence-corrected chi connectivity index (χ1v) is 6.68. The Balaban J connectivity index is 2.12. The number of rotatable bonds is 2. The van der Waals surface area contributed by atoms with Gasteiger partial charge in [-0.1, -0.05) is 27.5 Å². The Hall–Kier alpha value is -0.0900. The highest BCUT2D eigenvalue weighted by Gasteiger charge is 2.27. The molecule has 0 saturated carbocycles. The summed E-state index contributed by atoms with van der Waals surface area (Å²) in [5.74, 6) is 0. The van der Waals surface area contributed by atoms with E-state index in [0.717, 1.165) is 34.6 Å². The lowest BCUT2D eigenvalue weighted by atomic mass is 10.1. The van der Waals surface area contributed by atoms with E-state index in [1.54, 1.807) is 0 Å². The normalized spacial score (nSPS) is 26.2. The van der Waals surface area contributed by atoms with Crippen molar-refractivity contribution in [1.82, 2.24) is 4.90 Å². The molecule has 1 aliphatic rings. The maximum absolute atomic E-state index is 6.18. The van der Waals surface area contributed by atoms with E-state index in [1.807, 2.05) is 12.1 Å². The Morgan fingerprint density at radius 2 is 2.31 bits per heavy atom. The van der Waals surface area contributed by atoms with Crippen LogP contribution in [0.15, 0.2) is 22.7 Å². The number of hydrogen-bond donors (Lipinski definition) is 1. The number of nitrogens with two attached hydrogens (primary N) is 1. The minimum atomic E-state index is 0.297. The van der Waals surface area contributed by atoms with Crippen molar-refractivity contribution in [1.29, 1.82) is 0 Å². The van der Waals surface area contributed by atoms with E-state index in [9.17, 15) is 0 Å². The highest BCUT2D eigenvalue weighted by Crippen LogP contribution is 2.25. The van der Waals surface area contributed by atoms with Crippen molar-refractivity contribution in [2.24, 2.45) is 5.73 Å². The molecule has 2 atom stereocenters. The van der Waals surface area contributed by atoms with E-state index in [2.05, 4.69) is 33.8 Å². The van der Waals surface area contributed by atoms with E-state index in [-0.39, 0.29) is 0 Å². The third-order valence-electron chi connectivity index (χ3n) is 3.33. The zero-order valence-electron chi connectivity index (χ0n) is 9.29. The number of hydrogen-bond acceptors (Lipinski definition) is 2. The largest absolute Gasteiger partial charge is 0.326 e. The Morgan fingerprint density at radius 3 is 2.94 bits per heavy atom. The van der Waals surface area contributed by atoms with Gasteiger partial charge in [-0.25, -0.2) is 0 Å². The lowest BCUT2D eigenvalue weighted by Crippen LogP contribution is -2.36. The molecule has 16 heavy (non-hydrogen) atoms. The Morgan fingerprint density at radius 1 is 1.56 bits per heavy atom. The minimum Gasteiger partial charge on any atom is -0.326 e. The second-order valence-electron chi connectivity index (χ2n) is 4.40. The Labute approximate surface area is 110 Å². The average molecular weight is 304 g/mol. The minimum absolute atomic E-state index is 0.297. The van der Waals surface area contributed by atoms with E-state index in [1.165, 1.54) is 0 Å². The van der Waals surface area contributed by atoms with Crippen LogP contribution >= 0.6 is 27.5 Å². The maximum Gasteiger partial charge on any atom is 0.0451 e. The van der Waals surface area contributed by atoms with Crippen LogP contribution in [0.2, 0.25) is 5.02 Å². The Kier molecular flexibility index (Phi) is 3.90. The predicted octanol–water partition coefficient (Wildman–Crippen LogP) is 3.02. The van der Waals surface area contributed by atoms with Crippen LogP contribution in [0.1, 0.15) is 18.9 Å². The molecule has 1 aliphatic heterocycles. The first-order chi connectivity index (χ1) is 7.58. The molecule has 1 heterocycles. The molecule has 88 valence electrons. The van der Waals surface area contributed by atoms with E-state index < -0.39 is 0 Å². The lowest BCUT2D eigenvalue weighted by Gasteiger charge is -2.23. The maximum atomic E-state index is 6.18. The van der Waals surface area contributed by atoms with Crippen molar-refractivity contribution in [3.63, 3.8) is 0 Å². The fraction of sp³-hybridized carbons (Fsp3) is 0.500. The summed E-state index contributed by atoms with van der Waals surface area (Å²) >= 11 is 9.65. The van der Waals surface area contributed by atoms with Crippen molar-refractivity contribution in [3.05, 3.63) is 33.3 Å². The van der Waals surface area contributed by atoms with Crippen LogP contribution in [-0.2, 0) is 6.54 Å². The van der Waals surface area contributed by atoms with Crippen LogP contribution in [-0.4, -0.2) is 23.5 Å². The monoisotopic (exact) mass is 302 g/mol. The van der Waals surface area contributed by atoms with Gasteiger partial charge >= 0.3 is 0 Å². The SMILES string of the molecule is CC1C(N)CCN1Cc1cc(Br)ccc1Cl. The standard InChI is InChI=1S/C12H16BrClN2/c1-8-12(15)4-5-16(8)7-9-6-10(13)2-3-11(9)14/h2-3,6,8,12H,4-5,7,15H2,1H3. The van der Waals surface area contributed by atoms with Crippen LogP contribution < -0.4 is 5.73 Å². The predicted molar refractivity (Wildman–Crippen MR) is 71.6 cm³/mol. The van der Waals surface area contributed by atoms with Gasteiger partial charge in [0.25, 0.3) is 0 Å². The number of nitrogens with zero attached hydrogens (tertiary/aromatic N) is 1. The summed E-state index contributed by atoms with van der Waals surface area (Å²) in [6.07, 6.45) is 1.08. The van der Waals surface area contributed by atoms with Gasteiger partial charge < -0.3 is 5.73 Å². The number of likely N-dealkylation sites (tertiary alicyclic amines) is 1. The fourth-order valence-corrected chi connectivity index (χ4v) is 2.72. The molecule has 0 radical (unpaired) electrons. The van der Waals surface area contributed by atoms with Gasteiger partial charge in [-0.2, -0.15) is 0 Å². The van der Waals surface area contributed by atoms with Gasteiger partial charge in [0.15, 0.2) is 0 Å². The van der Waals surface area contributed by atoms with Crippen molar-refractivity contribution in [2.75, 3.05) is 6.54 Å². The van der Waals surface area contributed by atoms with Crippen LogP contribution in [0, 0.1) is 0 Å². The van der Waals surface area contributed by atoms with Crippen molar-refractivity contribution >= 4 is 27.5 Å². The number of benzene rings is 1. The van der Waals surface area contributed by atoms with Crippen molar-refractivity contribution < 1.29 is 0 Å². The number of halogens is 2. The third-order valence-corrected chi connectivity index (χ3v) is 4.19. The molecule has 2 rings (SSSR count). The summed E-state index contributed by atoms with van der Waals surface area (Å²) < 4.78 is 1.07. The molecule has 2 N–H and O–H groups in total. The molecular weight excluding hydrogens is 288 g/mol. The van der Waals surface area contributed by atoms with E-state index in [0.29, 0.717) is 12.1 Å². The molecule has 4 heteroatoms. The molecular formula is C12H16BrClN2. The second kappa shape index (κ2) is 5.05. The van der Waals surface area contributed by atoms with Gasteiger partial charge in [-0.3, -0.25) is 4.90 Å². The van der Waals surface area contributed by atoms with Gasteiger partial charge in [0.1, 0.15) is 0 Å². The molecule has 1 aromatic rings. The van der Waals surface area contributed by atoms with Crippen LogP contribution in [0.25, 0.3) is 0 Å². The molecule has 2 nitrogen and oxygen atoms in total. The van der Waals surface area contributed by atoms with Crippen molar-refractivity contribution in [2.45, 2.75) is 32.0 Å². The average Bonchev–Trinajstić information content (AvgIpc) is 2.55. The first-order valence-electron chi connectivity index (χ1n) is 5.51. The third kappa shape index (κ3) is 2.59. The quantitative estimate of drug-likeness (QED) is 0.910. The highest BCUT2D eigenvalue weighted by molar-refractivity contribution is 9.10. The van der Waals surface area contributed by atoms with Crippen LogP contribution in [0.3, 0.4) is 0 Å². The summed E-state index contributed by atoms with van der Waals surface area (Å²) in [4.78, 5) is 2.39. The molecule has 1 fully saturated rings. The molecule has 1 saturated heterocycles. The summed E-state index contributed by atoms with van der Waals surface area (Å²) in [6, 6.07) is 6.71. The molecule has 0 amide bonds. The fourth-order valence-electron chi connectivity index (χ4n) is 2.14. The van der Waals surface area contributed by atoms with Gasteiger partial charge in [0.2, 0.25) is 0 Å². The molecule has 0 aromatic heterocycles. The summed E-state index contributed by atoms with van der Waals surface area (Å²) in [7, 11) is 0. The van der Waals surface area contributed by atoms with Gasteiger partial charge in [-0.05, 0) is 37.1 Å². The van der Waals surface area contributed by atoms with Crippen LogP contribution in [0.5, 0.6) is 0 Å². The van der Waals surface area contributed by atoms with Gasteiger partial charge in [0, 0.05) is 34.7 Å².